The molecule has 0 aliphatic carbocycles. The van der Waals surface area contributed by atoms with Gasteiger partial charge in [0, 0.05) is 13.1 Å². The normalized spacial score (nSPS) is 12.8. The molecule has 96 valence electrons. The number of phenolic OH excluding ortho intramolecular Hbond substituents is 1. The van der Waals surface area contributed by atoms with Crippen molar-refractivity contribution in [3.05, 3.63) is 39.0 Å². The van der Waals surface area contributed by atoms with E-state index < -0.39 is 11.9 Å². The van der Waals surface area contributed by atoms with Gasteiger partial charge < -0.3 is 10.4 Å². The molecule has 2 rings (SSSR count). The number of benzene rings is 1. The highest BCUT2D eigenvalue weighted by Gasteiger charge is 2.14. The molecule has 1 aromatic carbocycles. The first-order valence-corrected chi connectivity index (χ1v) is 5.59. The summed E-state index contributed by atoms with van der Waals surface area (Å²) in [5, 5.41) is 12.7. The van der Waals surface area contributed by atoms with Crippen molar-refractivity contribution in [3.8, 4) is 5.75 Å². The summed E-state index contributed by atoms with van der Waals surface area (Å²) in [4.78, 5) is 24.4. The molecule has 1 aromatic heterocycles. The van der Waals surface area contributed by atoms with E-state index in [9.17, 15) is 14.7 Å². The Balaban J connectivity index is 2.97. The molecular weight excluding hydrogens is 234 g/mol. The minimum Gasteiger partial charge on any atom is -0.508 e. The van der Waals surface area contributed by atoms with Crippen LogP contribution in [0.5, 0.6) is 5.75 Å². The number of rotatable bonds is 2. The molecule has 0 amide bonds. The van der Waals surface area contributed by atoms with Crippen LogP contribution in [-0.4, -0.2) is 21.3 Å². The Labute approximate surface area is 103 Å². The standard InChI is InChI=1S/C12H15N3O3/c1-7(13-2)15-11(17)9-5-4-8(16)6-10(9)14(3)12(15)18/h4-7,13,16H,1-3H3. The van der Waals surface area contributed by atoms with Crippen molar-refractivity contribution < 1.29 is 5.11 Å². The minimum absolute atomic E-state index is 0.0244. The first-order chi connectivity index (χ1) is 8.47. The van der Waals surface area contributed by atoms with Crippen molar-refractivity contribution in [2.45, 2.75) is 13.1 Å². The zero-order chi connectivity index (χ0) is 13.4. The number of hydrogen-bond acceptors (Lipinski definition) is 4. The lowest BCUT2D eigenvalue weighted by Gasteiger charge is -2.16. The molecular formula is C12H15N3O3. The molecule has 0 aliphatic heterocycles. The number of aryl methyl sites for hydroxylation is 1. The molecule has 0 fully saturated rings. The van der Waals surface area contributed by atoms with Gasteiger partial charge in [-0.25, -0.2) is 9.36 Å². The smallest absolute Gasteiger partial charge is 0.332 e. The van der Waals surface area contributed by atoms with Crippen molar-refractivity contribution in [2.24, 2.45) is 7.05 Å². The Hall–Kier alpha value is -2.08. The molecule has 0 saturated carbocycles. The number of nitrogens with zero attached hydrogens (tertiary/aromatic N) is 2. The van der Waals surface area contributed by atoms with Crippen LogP contribution < -0.4 is 16.6 Å². The molecule has 0 saturated heterocycles. The van der Waals surface area contributed by atoms with Crippen LogP contribution in [0.2, 0.25) is 0 Å². The van der Waals surface area contributed by atoms with Crippen LogP contribution in [0.25, 0.3) is 10.9 Å². The second-order valence-corrected chi connectivity index (χ2v) is 4.18. The maximum Gasteiger partial charge on any atom is 0.332 e. The zero-order valence-electron chi connectivity index (χ0n) is 10.5. The van der Waals surface area contributed by atoms with Gasteiger partial charge in [0.15, 0.2) is 0 Å². The Morgan fingerprint density at radius 2 is 2.00 bits per heavy atom. The molecule has 2 N–H and O–H groups in total. The molecule has 1 heterocycles. The number of aromatic hydroxyl groups is 1. The summed E-state index contributed by atoms with van der Waals surface area (Å²) in [6.45, 7) is 1.73. The fourth-order valence-corrected chi connectivity index (χ4v) is 1.93. The highest BCUT2D eigenvalue weighted by molar-refractivity contribution is 5.79. The van der Waals surface area contributed by atoms with E-state index in [1.807, 2.05) is 0 Å². The van der Waals surface area contributed by atoms with E-state index in [0.717, 1.165) is 4.57 Å². The van der Waals surface area contributed by atoms with E-state index in [-0.39, 0.29) is 11.3 Å². The molecule has 0 radical (unpaired) electrons. The minimum atomic E-state index is -0.417. The molecule has 1 atom stereocenters. The summed E-state index contributed by atoms with van der Waals surface area (Å²) in [6.07, 6.45) is -0.394. The van der Waals surface area contributed by atoms with Crippen molar-refractivity contribution in [1.29, 1.82) is 0 Å². The van der Waals surface area contributed by atoms with Gasteiger partial charge in [-0.1, -0.05) is 0 Å². The average Bonchev–Trinajstić information content (AvgIpc) is 2.35. The number of nitrogens with one attached hydrogen (secondary N) is 1. The number of phenols is 1. The average molecular weight is 249 g/mol. The molecule has 0 spiro atoms. The van der Waals surface area contributed by atoms with Gasteiger partial charge in [-0.2, -0.15) is 0 Å². The lowest BCUT2D eigenvalue weighted by atomic mass is 10.2. The van der Waals surface area contributed by atoms with Gasteiger partial charge in [0.25, 0.3) is 5.56 Å². The second kappa shape index (κ2) is 4.30. The van der Waals surface area contributed by atoms with Crippen molar-refractivity contribution >= 4 is 10.9 Å². The van der Waals surface area contributed by atoms with Gasteiger partial charge in [0.05, 0.1) is 17.1 Å². The first kappa shape index (κ1) is 12.4. The van der Waals surface area contributed by atoms with Crippen LogP contribution in [0.3, 0.4) is 0 Å². The predicted molar refractivity (Wildman–Crippen MR) is 68.9 cm³/mol. The molecule has 0 bridgehead atoms. The van der Waals surface area contributed by atoms with Gasteiger partial charge in [-0.15, -0.1) is 0 Å². The van der Waals surface area contributed by atoms with Crippen LogP contribution >= 0.6 is 0 Å². The number of aromatic nitrogens is 2. The third-order valence-electron chi connectivity index (χ3n) is 3.09. The maximum absolute atomic E-state index is 12.2. The lowest BCUT2D eigenvalue weighted by molar-refractivity contribution is 0.437. The third kappa shape index (κ3) is 1.70. The van der Waals surface area contributed by atoms with E-state index in [1.165, 1.54) is 22.8 Å². The van der Waals surface area contributed by atoms with E-state index in [0.29, 0.717) is 10.9 Å². The van der Waals surface area contributed by atoms with E-state index in [4.69, 9.17) is 0 Å². The van der Waals surface area contributed by atoms with Gasteiger partial charge in [0.1, 0.15) is 5.75 Å². The summed E-state index contributed by atoms with van der Waals surface area (Å²) in [5.41, 5.74) is -0.362. The fourth-order valence-electron chi connectivity index (χ4n) is 1.93. The zero-order valence-corrected chi connectivity index (χ0v) is 10.5. The quantitative estimate of drug-likeness (QED) is 0.794. The van der Waals surface area contributed by atoms with Crippen LogP contribution in [0.4, 0.5) is 0 Å². The van der Waals surface area contributed by atoms with E-state index >= 15 is 0 Å². The Kier molecular flexibility index (Phi) is 2.96. The summed E-state index contributed by atoms with van der Waals surface area (Å²) < 4.78 is 2.50. The largest absolute Gasteiger partial charge is 0.508 e. The molecule has 18 heavy (non-hydrogen) atoms. The van der Waals surface area contributed by atoms with Gasteiger partial charge >= 0.3 is 5.69 Å². The van der Waals surface area contributed by atoms with Crippen molar-refractivity contribution in [1.82, 2.24) is 14.5 Å². The summed E-state index contributed by atoms with van der Waals surface area (Å²) in [6, 6.07) is 4.36. The van der Waals surface area contributed by atoms with E-state index in [2.05, 4.69) is 5.32 Å². The van der Waals surface area contributed by atoms with Gasteiger partial charge in [-0.3, -0.25) is 9.36 Å². The maximum atomic E-state index is 12.2. The molecule has 2 aromatic rings. The third-order valence-corrected chi connectivity index (χ3v) is 3.09. The lowest BCUT2D eigenvalue weighted by Crippen LogP contribution is -2.44. The highest BCUT2D eigenvalue weighted by Crippen LogP contribution is 2.15. The highest BCUT2D eigenvalue weighted by atomic mass is 16.3. The van der Waals surface area contributed by atoms with Crippen molar-refractivity contribution in [3.63, 3.8) is 0 Å². The predicted octanol–water partition coefficient (Wildman–Crippen LogP) is 0.144. The summed E-state index contributed by atoms with van der Waals surface area (Å²) in [7, 11) is 3.25. The van der Waals surface area contributed by atoms with E-state index in [1.54, 1.807) is 21.0 Å². The summed E-state index contributed by atoms with van der Waals surface area (Å²) in [5.74, 6) is 0.0244. The fraction of sp³-hybridized carbons (Fsp3) is 0.333. The summed E-state index contributed by atoms with van der Waals surface area (Å²) >= 11 is 0. The molecule has 1 unspecified atom stereocenters. The molecule has 6 heteroatoms. The second-order valence-electron chi connectivity index (χ2n) is 4.18. The van der Waals surface area contributed by atoms with Crippen LogP contribution in [0.15, 0.2) is 27.8 Å². The number of hydrogen-bond donors (Lipinski definition) is 2. The Bertz CT molecular complexity index is 715. The molecule has 0 aliphatic rings. The van der Waals surface area contributed by atoms with Gasteiger partial charge in [0.2, 0.25) is 0 Å². The Morgan fingerprint density at radius 3 is 2.61 bits per heavy atom. The van der Waals surface area contributed by atoms with Crippen LogP contribution in [0, 0.1) is 0 Å². The topological polar surface area (TPSA) is 76.3 Å². The molecule has 6 nitrogen and oxygen atoms in total. The van der Waals surface area contributed by atoms with Crippen molar-refractivity contribution in [2.75, 3.05) is 7.05 Å². The monoisotopic (exact) mass is 249 g/mol. The first-order valence-electron chi connectivity index (χ1n) is 5.59. The number of fused-ring (bicyclic) bond motifs is 1. The van der Waals surface area contributed by atoms with Crippen LogP contribution in [0.1, 0.15) is 13.1 Å². The Morgan fingerprint density at radius 1 is 1.33 bits per heavy atom. The van der Waals surface area contributed by atoms with Gasteiger partial charge in [-0.05, 0) is 26.1 Å². The van der Waals surface area contributed by atoms with Crippen LogP contribution in [-0.2, 0) is 7.05 Å². The SMILES string of the molecule is CNC(C)n1c(=O)c2ccc(O)cc2n(C)c1=O.